The minimum atomic E-state index is -4.53. The number of aromatic nitrogens is 2. The van der Waals surface area contributed by atoms with Crippen LogP contribution in [-0.2, 0) is 4.74 Å². The molecule has 0 aromatic carbocycles. The number of urea groups is 1. The Hall–Kier alpha value is -1.81. The largest absolute Gasteiger partial charge is 0.410 e. The van der Waals surface area contributed by atoms with E-state index in [4.69, 9.17) is 22.1 Å². The van der Waals surface area contributed by atoms with Crippen molar-refractivity contribution in [1.82, 2.24) is 20.4 Å². The number of nitrogen functional groups attached to an aromatic ring is 1. The van der Waals surface area contributed by atoms with Crippen LogP contribution >= 0.6 is 11.6 Å². The first-order valence-electron chi connectivity index (χ1n) is 6.65. The molecular formula is C12H15ClF3N5O2. The minimum absolute atomic E-state index is 0.0245. The van der Waals surface area contributed by atoms with Gasteiger partial charge in [-0.05, 0) is 12.5 Å². The van der Waals surface area contributed by atoms with Crippen LogP contribution in [0.25, 0.3) is 0 Å². The molecule has 1 aromatic heterocycles. The average Bonchev–Trinajstić information content (AvgIpc) is 2.85. The number of rotatable bonds is 5. The number of amides is 2. The third-order valence-corrected chi connectivity index (χ3v) is 3.75. The molecular weight excluding hydrogens is 339 g/mol. The van der Waals surface area contributed by atoms with Gasteiger partial charge in [0.05, 0.1) is 12.6 Å². The molecule has 1 fully saturated rings. The molecule has 2 rings (SSSR count). The lowest BCUT2D eigenvalue weighted by atomic mass is 10.0. The number of carbonyl (C=O) groups excluding carboxylic acids is 1. The fourth-order valence-corrected chi connectivity index (χ4v) is 2.58. The standard InChI is InChI=1S/C12H15ClF3N5O2/c1-23-3-2-7(6-4-9(17)19-20-10(6)13)21-5-8(12(14,15)16)18-11(21)22/h4,7-8H,2-3,5H2,1H3,(H2,17,19)(H,18,22)/t7?,8-/m0/s1. The van der Waals surface area contributed by atoms with Gasteiger partial charge in [-0.25, -0.2) is 4.79 Å². The molecule has 0 spiro atoms. The zero-order chi connectivity index (χ0) is 17.2. The van der Waals surface area contributed by atoms with Crippen molar-refractivity contribution < 1.29 is 22.7 Å². The van der Waals surface area contributed by atoms with Gasteiger partial charge in [0, 0.05) is 19.3 Å². The van der Waals surface area contributed by atoms with E-state index in [9.17, 15) is 18.0 Å². The van der Waals surface area contributed by atoms with Gasteiger partial charge in [0.2, 0.25) is 0 Å². The summed E-state index contributed by atoms with van der Waals surface area (Å²) in [5.41, 5.74) is 5.89. The van der Waals surface area contributed by atoms with E-state index in [0.29, 0.717) is 5.56 Å². The highest BCUT2D eigenvalue weighted by atomic mass is 35.5. The van der Waals surface area contributed by atoms with Gasteiger partial charge in [0.15, 0.2) is 5.15 Å². The number of alkyl halides is 3. The maximum atomic E-state index is 12.8. The number of nitrogens with zero attached hydrogens (tertiary/aromatic N) is 3. The van der Waals surface area contributed by atoms with Crippen molar-refractivity contribution in [2.24, 2.45) is 0 Å². The highest BCUT2D eigenvalue weighted by Gasteiger charge is 2.48. The normalized spacial score (nSPS) is 19.8. The Kier molecular flexibility index (Phi) is 5.15. The van der Waals surface area contributed by atoms with Crippen LogP contribution < -0.4 is 11.1 Å². The fraction of sp³-hybridized carbons (Fsp3) is 0.583. The Balaban J connectivity index is 2.32. The molecule has 128 valence electrons. The molecule has 1 unspecified atom stereocenters. The summed E-state index contributed by atoms with van der Waals surface area (Å²) >= 11 is 5.97. The highest BCUT2D eigenvalue weighted by molar-refractivity contribution is 6.30. The van der Waals surface area contributed by atoms with Gasteiger partial charge in [0.25, 0.3) is 0 Å². The van der Waals surface area contributed by atoms with Crippen LogP contribution in [-0.4, -0.2) is 53.6 Å². The SMILES string of the molecule is COCCC(c1cc(N)nnc1Cl)N1C[C@@H](C(F)(F)F)NC1=O. The predicted molar refractivity (Wildman–Crippen MR) is 75.8 cm³/mol. The Labute approximate surface area is 134 Å². The number of nitrogens with two attached hydrogens (primary N) is 1. The van der Waals surface area contributed by atoms with E-state index in [0.717, 1.165) is 4.90 Å². The highest BCUT2D eigenvalue weighted by Crippen LogP contribution is 2.34. The second-order valence-electron chi connectivity index (χ2n) is 5.01. The summed E-state index contributed by atoms with van der Waals surface area (Å²) in [6, 6.07) is -2.14. The molecule has 2 amide bonds. The van der Waals surface area contributed by atoms with Gasteiger partial charge in [0.1, 0.15) is 11.9 Å². The smallest absolute Gasteiger partial charge is 0.385 e. The number of ether oxygens (including phenoxy) is 1. The maximum Gasteiger partial charge on any atom is 0.410 e. The lowest BCUT2D eigenvalue weighted by Gasteiger charge is -2.27. The van der Waals surface area contributed by atoms with E-state index >= 15 is 0 Å². The molecule has 0 saturated carbocycles. The molecule has 1 saturated heterocycles. The summed E-state index contributed by atoms with van der Waals surface area (Å²) in [6.45, 7) is -0.320. The number of nitrogens with one attached hydrogen (secondary N) is 1. The predicted octanol–water partition coefficient (Wildman–Crippen LogP) is 1.75. The molecule has 2 atom stereocenters. The van der Waals surface area contributed by atoms with Gasteiger partial charge in [-0.2, -0.15) is 13.2 Å². The van der Waals surface area contributed by atoms with Crippen LogP contribution in [0.5, 0.6) is 0 Å². The number of halogens is 4. The van der Waals surface area contributed by atoms with Gasteiger partial charge < -0.3 is 20.7 Å². The van der Waals surface area contributed by atoms with Gasteiger partial charge in [-0.3, -0.25) is 0 Å². The molecule has 7 nitrogen and oxygen atoms in total. The third-order valence-electron chi connectivity index (χ3n) is 3.46. The second-order valence-corrected chi connectivity index (χ2v) is 5.37. The molecule has 11 heteroatoms. The van der Waals surface area contributed by atoms with E-state index in [-0.39, 0.29) is 24.0 Å². The quantitative estimate of drug-likeness (QED) is 0.841. The van der Waals surface area contributed by atoms with Crippen LogP contribution in [0, 0.1) is 0 Å². The van der Waals surface area contributed by atoms with E-state index in [2.05, 4.69) is 10.2 Å². The van der Waals surface area contributed by atoms with Crippen LogP contribution in [0.3, 0.4) is 0 Å². The van der Waals surface area contributed by atoms with Crippen molar-refractivity contribution in [3.8, 4) is 0 Å². The molecule has 23 heavy (non-hydrogen) atoms. The zero-order valence-electron chi connectivity index (χ0n) is 12.1. The van der Waals surface area contributed by atoms with E-state index in [1.807, 2.05) is 5.32 Å². The summed E-state index contributed by atoms with van der Waals surface area (Å²) in [7, 11) is 1.44. The second kappa shape index (κ2) is 6.75. The van der Waals surface area contributed by atoms with Crippen molar-refractivity contribution in [2.75, 3.05) is 26.0 Å². The first kappa shape index (κ1) is 17.5. The first-order chi connectivity index (χ1) is 10.7. The minimum Gasteiger partial charge on any atom is -0.385 e. The molecule has 3 N–H and O–H groups in total. The maximum absolute atomic E-state index is 12.8. The average molecular weight is 354 g/mol. The summed E-state index contributed by atoms with van der Waals surface area (Å²) in [5, 5.41) is 9.10. The summed E-state index contributed by atoms with van der Waals surface area (Å²) in [6.07, 6.45) is -4.30. The van der Waals surface area contributed by atoms with Crippen LogP contribution in [0.2, 0.25) is 5.15 Å². The lowest BCUT2D eigenvalue weighted by Crippen LogP contribution is -2.40. The Morgan fingerprint density at radius 2 is 2.26 bits per heavy atom. The number of hydrogen-bond acceptors (Lipinski definition) is 5. The lowest BCUT2D eigenvalue weighted by molar-refractivity contribution is -0.150. The summed E-state index contributed by atoms with van der Waals surface area (Å²) in [5.74, 6) is 0.0544. The molecule has 0 bridgehead atoms. The molecule has 0 aliphatic carbocycles. The molecule has 0 radical (unpaired) electrons. The fourth-order valence-electron chi connectivity index (χ4n) is 2.36. The Morgan fingerprint density at radius 1 is 1.57 bits per heavy atom. The number of anilines is 1. The van der Waals surface area contributed by atoms with Crippen LogP contribution in [0.4, 0.5) is 23.8 Å². The van der Waals surface area contributed by atoms with Gasteiger partial charge in [-0.15, -0.1) is 10.2 Å². The first-order valence-corrected chi connectivity index (χ1v) is 7.03. The van der Waals surface area contributed by atoms with Crippen LogP contribution in [0.15, 0.2) is 6.07 Å². The molecule has 1 aliphatic rings. The topological polar surface area (TPSA) is 93.4 Å². The van der Waals surface area contributed by atoms with Gasteiger partial charge in [-0.1, -0.05) is 11.6 Å². The van der Waals surface area contributed by atoms with E-state index in [1.165, 1.54) is 13.2 Å². The van der Waals surface area contributed by atoms with Crippen molar-refractivity contribution >= 4 is 23.4 Å². The van der Waals surface area contributed by atoms with E-state index in [1.54, 1.807) is 0 Å². The number of carbonyl (C=O) groups is 1. The zero-order valence-corrected chi connectivity index (χ0v) is 12.9. The molecule has 1 aliphatic heterocycles. The summed E-state index contributed by atoms with van der Waals surface area (Å²) < 4.78 is 43.5. The van der Waals surface area contributed by atoms with Crippen LogP contribution in [0.1, 0.15) is 18.0 Å². The third kappa shape index (κ3) is 3.94. The number of methoxy groups -OCH3 is 1. The summed E-state index contributed by atoms with van der Waals surface area (Å²) in [4.78, 5) is 13.0. The molecule has 1 aromatic rings. The monoisotopic (exact) mass is 353 g/mol. The van der Waals surface area contributed by atoms with Crippen molar-refractivity contribution in [2.45, 2.75) is 24.7 Å². The van der Waals surface area contributed by atoms with E-state index < -0.39 is 30.8 Å². The molecule has 2 heterocycles. The Bertz CT molecular complexity index is 586. The van der Waals surface area contributed by atoms with Crippen molar-refractivity contribution in [3.63, 3.8) is 0 Å². The Morgan fingerprint density at radius 3 is 2.83 bits per heavy atom. The van der Waals surface area contributed by atoms with Crippen molar-refractivity contribution in [3.05, 3.63) is 16.8 Å². The van der Waals surface area contributed by atoms with Crippen molar-refractivity contribution in [1.29, 1.82) is 0 Å². The number of hydrogen-bond donors (Lipinski definition) is 2. The van der Waals surface area contributed by atoms with Gasteiger partial charge >= 0.3 is 12.2 Å².